The van der Waals surface area contributed by atoms with Crippen molar-refractivity contribution in [2.45, 2.75) is 0 Å². The zero-order valence-electron chi connectivity index (χ0n) is 14.3. The molecule has 7 nitrogen and oxygen atoms in total. The second-order valence-corrected chi connectivity index (χ2v) is 5.31. The van der Waals surface area contributed by atoms with Gasteiger partial charge in [-0.3, -0.25) is 0 Å². The Hall–Kier alpha value is -3.55. The molecule has 3 aromatic rings. The number of aromatic nitrogens is 2. The number of methoxy groups -OCH3 is 2. The summed E-state index contributed by atoms with van der Waals surface area (Å²) >= 11 is 0. The zero-order valence-corrected chi connectivity index (χ0v) is 14.3. The number of nitrogens with two attached hydrogens (primary N) is 1. The Morgan fingerprint density at radius 3 is 2.27 bits per heavy atom. The summed E-state index contributed by atoms with van der Waals surface area (Å²) in [6, 6.07) is 11.2. The number of rotatable bonds is 6. The number of nitrogens with one attached hydrogen (secondary N) is 2. The highest BCUT2D eigenvalue weighted by Gasteiger charge is 2.12. The Morgan fingerprint density at radius 1 is 0.923 bits per heavy atom. The number of hydrogen-bond donors (Lipinski definition) is 3. The fraction of sp³-hybridized carbons (Fsp3) is 0.111. The molecule has 1 heterocycles. The van der Waals surface area contributed by atoms with Crippen molar-refractivity contribution in [3.8, 4) is 11.5 Å². The van der Waals surface area contributed by atoms with Gasteiger partial charge in [0.1, 0.15) is 29.3 Å². The molecule has 0 saturated heterocycles. The average Bonchev–Trinajstić information content (AvgIpc) is 2.66. The number of halogens is 1. The van der Waals surface area contributed by atoms with Gasteiger partial charge in [0.25, 0.3) is 0 Å². The van der Waals surface area contributed by atoms with Crippen LogP contribution in [0.2, 0.25) is 0 Å². The normalized spacial score (nSPS) is 10.3. The van der Waals surface area contributed by atoms with Crippen LogP contribution in [0.1, 0.15) is 0 Å². The van der Waals surface area contributed by atoms with E-state index in [1.807, 2.05) is 0 Å². The van der Waals surface area contributed by atoms with Gasteiger partial charge in [0.15, 0.2) is 11.6 Å². The highest BCUT2D eigenvalue weighted by atomic mass is 19.1. The fourth-order valence-corrected chi connectivity index (χ4v) is 2.30. The third kappa shape index (κ3) is 3.75. The maximum Gasteiger partial charge on any atom is 0.159 e. The molecule has 0 atom stereocenters. The molecule has 0 aliphatic carbocycles. The molecule has 4 N–H and O–H groups in total. The van der Waals surface area contributed by atoms with Crippen molar-refractivity contribution < 1.29 is 13.9 Å². The molecule has 0 bridgehead atoms. The van der Waals surface area contributed by atoms with E-state index in [4.69, 9.17) is 15.2 Å². The Bertz CT molecular complexity index is 903. The first-order chi connectivity index (χ1) is 12.6. The van der Waals surface area contributed by atoms with Gasteiger partial charge in [-0.2, -0.15) is 0 Å². The highest BCUT2D eigenvalue weighted by Crippen LogP contribution is 2.34. The van der Waals surface area contributed by atoms with Crippen LogP contribution in [0, 0.1) is 5.82 Å². The van der Waals surface area contributed by atoms with Crippen molar-refractivity contribution in [3.63, 3.8) is 0 Å². The molecule has 0 aliphatic heterocycles. The minimum absolute atomic E-state index is 0.307. The molecule has 26 heavy (non-hydrogen) atoms. The second kappa shape index (κ2) is 7.56. The summed E-state index contributed by atoms with van der Waals surface area (Å²) < 4.78 is 23.6. The number of nitrogen functional groups attached to an aromatic ring is 1. The second-order valence-electron chi connectivity index (χ2n) is 5.31. The van der Waals surface area contributed by atoms with E-state index in [1.54, 1.807) is 44.6 Å². The maximum atomic E-state index is 13.0. The van der Waals surface area contributed by atoms with Crippen LogP contribution < -0.4 is 25.8 Å². The van der Waals surface area contributed by atoms with Crippen LogP contribution in [0.5, 0.6) is 11.5 Å². The minimum Gasteiger partial charge on any atom is -0.497 e. The fourth-order valence-electron chi connectivity index (χ4n) is 2.30. The van der Waals surface area contributed by atoms with Crippen LogP contribution >= 0.6 is 0 Å². The summed E-state index contributed by atoms with van der Waals surface area (Å²) in [5.74, 6) is 1.74. The highest BCUT2D eigenvalue weighted by molar-refractivity contribution is 5.81. The average molecular weight is 355 g/mol. The Morgan fingerprint density at radius 2 is 1.62 bits per heavy atom. The van der Waals surface area contributed by atoms with Crippen molar-refractivity contribution in [1.82, 2.24) is 9.97 Å². The Kier molecular flexibility index (Phi) is 5.02. The van der Waals surface area contributed by atoms with Crippen LogP contribution in [0.3, 0.4) is 0 Å². The first-order valence-corrected chi connectivity index (χ1v) is 7.73. The molecule has 3 rings (SSSR count). The van der Waals surface area contributed by atoms with E-state index in [0.717, 1.165) is 0 Å². The molecule has 0 saturated carbocycles. The van der Waals surface area contributed by atoms with E-state index in [9.17, 15) is 4.39 Å². The summed E-state index contributed by atoms with van der Waals surface area (Å²) in [6.45, 7) is 0. The lowest BCUT2D eigenvalue weighted by molar-refractivity contribution is 0.405. The topological polar surface area (TPSA) is 94.3 Å². The third-order valence-corrected chi connectivity index (χ3v) is 3.65. The smallest absolute Gasteiger partial charge is 0.159 e. The SMILES string of the molecule is COc1ccc(OC)c(Nc2ncnc(Nc3ccc(F)cc3)c2N)c1. The molecular weight excluding hydrogens is 337 g/mol. The molecule has 2 aromatic carbocycles. The molecular formula is C18H18FN5O2. The standard InChI is InChI=1S/C18H18FN5O2/c1-25-13-7-8-15(26-2)14(9-13)24-18-16(20)17(21-10-22-18)23-12-5-3-11(19)4-6-12/h3-10H,20H2,1-2H3,(H2,21,22,23,24). The Balaban J connectivity index is 1.89. The first-order valence-electron chi connectivity index (χ1n) is 7.73. The van der Waals surface area contributed by atoms with Crippen molar-refractivity contribution in [1.29, 1.82) is 0 Å². The van der Waals surface area contributed by atoms with Gasteiger partial charge >= 0.3 is 0 Å². The molecule has 0 fully saturated rings. The monoisotopic (exact) mass is 355 g/mol. The van der Waals surface area contributed by atoms with E-state index in [1.165, 1.54) is 18.5 Å². The van der Waals surface area contributed by atoms with Crippen LogP contribution in [0.4, 0.5) is 33.1 Å². The summed E-state index contributed by atoms with van der Waals surface area (Å²) in [7, 11) is 3.15. The summed E-state index contributed by atoms with van der Waals surface area (Å²) in [4.78, 5) is 8.31. The van der Waals surface area contributed by atoms with Crippen molar-refractivity contribution in [2.75, 3.05) is 30.6 Å². The zero-order chi connectivity index (χ0) is 18.5. The van der Waals surface area contributed by atoms with Gasteiger partial charge in [0, 0.05) is 11.8 Å². The summed E-state index contributed by atoms with van der Waals surface area (Å²) in [5.41, 5.74) is 7.78. The number of benzene rings is 2. The number of ether oxygens (including phenoxy) is 2. The van der Waals surface area contributed by atoms with Gasteiger partial charge in [0.05, 0.1) is 19.9 Å². The van der Waals surface area contributed by atoms with E-state index >= 15 is 0 Å². The molecule has 0 amide bonds. The minimum atomic E-state index is -0.321. The summed E-state index contributed by atoms with van der Waals surface area (Å²) in [6.07, 6.45) is 1.37. The lowest BCUT2D eigenvalue weighted by Gasteiger charge is -2.15. The number of hydrogen-bond acceptors (Lipinski definition) is 7. The lowest BCUT2D eigenvalue weighted by atomic mass is 10.2. The van der Waals surface area contributed by atoms with Crippen molar-refractivity contribution >= 4 is 28.7 Å². The van der Waals surface area contributed by atoms with Crippen molar-refractivity contribution in [2.24, 2.45) is 0 Å². The van der Waals surface area contributed by atoms with Gasteiger partial charge in [-0.15, -0.1) is 0 Å². The van der Waals surface area contributed by atoms with Crippen LogP contribution in [0.25, 0.3) is 0 Å². The largest absolute Gasteiger partial charge is 0.497 e. The third-order valence-electron chi connectivity index (χ3n) is 3.65. The number of anilines is 5. The molecule has 0 spiro atoms. The van der Waals surface area contributed by atoms with Gasteiger partial charge in [-0.1, -0.05) is 0 Å². The Labute approximate surface area is 150 Å². The first kappa shape index (κ1) is 17.3. The quantitative estimate of drug-likeness (QED) is 0.620. The van der Waals surface area contributed by atoms with Crippen LogP contribution in [-0.2, 0) is 0 Å². The molecule has 0 unspecified atom stereocenters. The number of nitrogens with zero attached hydrogens (tertiary/aromatic N) is 2. The lowest BCUT2D eigenvalue weighted by Crippen LogP contribution is -2.06. The molecule has 8 heteroatoms. The predicted octanol–water partition coefficient (Wildman–Crippen LogP) is 3.70. The van der Waals surface area contributed by atoms with Crippen molar-refractivity contribution in [3.05, 3.63) is 54.6 Å². The molecule has 134 valence electrons. The van der Waals surface area contributed by atoms with Gasteiger partial charge in [-0.25, -0.2) is 14.4 Å². The molecule has 0 radical (unpaired) electrons. The maximum absolute atomic E-state index is 13.0. The molecule has 1 aromatic heterocycles. The van der Waals surface area contributed by atoms with E-state index < -0.39 is 0 Å². The summed E-state index contributed by atoms with van der Waals surface area (Å²) in [5, 5.41) is 6.16. The predicted molar refractivity (Wildman–Crippen MR) is 99.0 cm³/mol. The molecule has 0 aliphatic rings. The van der Waals surface area contributed by atoms with Crippen LogP contribution in [0.15, 0.2) is 48.8 Å². The van der Waals surface area contributed by atoms with E-state index in [-0.39, 0.29) is 5.82 Å². The van der Waals surface area contributed by atoms with E-state index in [2.05, 4.69) is 20.6 Å². The van der Waals surface area contributed by atoms with Gasteiger partial charge in [-0.05, 0) is 36.4 Å². The van der Waals surface area contributed by atoms with Gasteiger partial charge in [0.2, 0.25) is 0 Å². The van der Waals surface area contributed by atoms with E-state index in [0.29, 0.717) is 40.2 Å². The van der Waals surface area contributed by atoms with Crippen LogP contribution in [-0.4, -0.2) is 24.2 Å². The van der Waals surface area contributed by atoms with Gasteiger partial charge < -0.3 is 25.8 Å².